The zero-order valence-corrected chi connectivity index (χ0v) is 11.1. The second-order valence-electron chi connectivity index (χ2n) is 4.75. The van der Waals surface area contributed by atoms with E-state index in [-0.39, 0.29) is 5.91 Å². The number of hydrogen-bond acceptors (Lipinski definition) is 3. The lowest BCUT2D eigenvalue weighted by atomic mass is 10.2. The van der Waals surface area contributed by atoms with Gasteiger partial charge < -0.3 is 16.0 Å². The Morgan fingerprint density at radius 2 is 2.21 bits per heavy atom. The maximum Gasteiger partial charge on any atom is 0.251 e. The van der Waals surface area contributed by atoms with E-state index in [9.17, 15) is 4.79 Å². The molecule has 1 saturated heterocycles. The molecule has 1 fully saturated rings. The van der Waals surface area contributed by atoms with Crippen molar-refractivity contribution in [2.45, 2.75) is 18.9 Å². The second kappa shape index (κ2) is 6.95. The van der Waals surface area contributed by atoms with Gasteiger partial charge in [0.25, 0.3) is 5.91 Å². The topological polar surface area (TPSA) is 53.2 Å². The van der Waals surface area contributed by atoms with Crippen LogP contribution in [0.3, 0.4) is 0 Å². The van der Waals surface area contributed by atoms with Gasteiger partial charge in [-0.25, -0.2) is 0 Å². The van der Waals surface area contributed by atoms with Crippen molar-refractivity contribution in [2.75, 3.05) is 25.0 Å². The Labute approximate surface area is 114 Å². The van der Waals surface area contributed by atoms with Gasteiger partial charge in [0, 0.05) is 30.4 Å². The summed E-state index contributed by atoms with van der Waals surface area (Å²) in [6.07, 6.45) is 4.16. The minimum atomic E-state index is -0.0658. The number of amides is 1. The lowest BCUT2D eigenvalue weighted by Crippen LogP contribution is -2.29. The predicted molar refractivity (Wildman–Crippen MR) is 78.5 cm³/mol. The van der Waals surface area contributed by atoms with Crippen LogP contribution < -0.4 is 16.0 Å². The molecule has 1 aliphatic heterocycles. The molecule has 2 rings (SSSR count). The average molecular weight is 259 g/mol. The van der Waals surface area contributed by atoms with E-state index < -0.39 is 0 Å². The van der Waals surface area contributed by atoms with Crippen LogP contribution >= 0.6 is 0 Å². The lowest BCUT2D eigenvalue weighted by Gasteiger charge is -2.12. The van der Waals surface area contributed by atoms with Crippen LogP contribution in [0, 0.1) is 0 Å². The molecule has 0 bridgehead atoms. The summed E-state index contributed by atoms with van der Waals surface area (Å²) in [5.74, 6) is -0.0658. The highest BCUT2D eigenvalue weighted by Gasteiger charge is 2.13. The van der Waals surface area contributed by atoms with Gasteiger partial charge in [0.05, 0.1) is 0 Å². The normalized spacial score (nSPS) is 18.0. The van der Waals surface area contributed by atoms with Crippen molar-refractivity contribution in [1.29, 1.82) is 0 Å². The van der Waals surface area contributed by atoms with E-state index in [0.29, 0.717) is 18.2 Å². The Balaban J connectivity index is 1.83. The van der Waals surface area contributed by atoms with Gasteiger partial charge >= 0.3 is 0 Å². The Morgan fingerprint density at radius 3 is 2.84 bits per heavy atom. The third-order valence-corrected chi connectivity index (χ3v) is 3.27. The average Bonchev–Trinajstić information content (AvgIpc) is 2.96. The molecule has 102 valence electrons. The molecule has 0 spiro atoms. The molecule has 0 radical (unpaired) electrons. The van der Waals surface area contributed by atoms with E-state index in [1.54, 1.807) is 6.08 Å². The van der Waals surface area contributed by atoms with E-state index >= 15 is 0 Å². The highest BCUT2D eigenvalue weighted by Crippen LogP contribution is 2.11. The van der Waals surface area contributed by atoms with Crippen LogP contribution in [-0.2, 0) is 0 Å². The van der Waals surface area contributed by atoms with Crippen molar-refractivity contribution in [2.24, 2.45) is 0 Å². The highest BCUT2D eigenvalue weighted by atomic mass is 16.1. The van der Waals surface area contributed by atoms with Gasteiger partial charge in [-0.1, -0.05) is 6.08 Å². The van der Waals surface area contributed by atoms with Gasteiger partial charge in [-0.2, -0.15) is 0 Å². The maximum atomic E-state index is 11.7. The molecule has 1 amide bonds. The third kappa shape index (κ3) is 4.10. The van der Waals surface area contributed by atoms with Crippen LogP contribution in [0.1, 0.15) is 23.2 Å². The summed E-state index contributed by atoms with van der Waals surface area (Å²) in [4.78, 5) is 11.7. The summed E-state index contributed by atoms with van der Waals surface area (Å²) in [5.41, 5.74) is 1.72. The molecule has 1 aliphatic rings. The summed E-state index contributed by atoms with van der Waals surface area (Å²) in [5, 5.41) is 9.59. The largest absolute Gasteiger partial charge is 0.383 e. The van der Waals surface area contributed by atoms with Crippen LogP contribution in [-0.4, -0.2) is 31.6 Å². The number of carbonyl (C=O) groups is 1. The molecule has 19 heavy (non-hydrogen) atoms. The second-order valence-corrected chi connectivity index (χ2v) is 4.75. The van der Waals surface area contributed by atoms with Gasteiger partial charge in [0.1, 0.15) is 0 Å². The fraction of sp³-hybridized carbons (Fsp3) is 0.400. The molecule has 0 aliphatic carbocycles. The van der Waals surface area contributed by atoms with E-state index in [1.165, 1.54) is 12.8 Å². The predicted octanol–water partition coefficient (Wildman–Crippen LogP) is 1.77. The summed E-state index contributed by atoms with van der Waals surface area (Å²) < 4.78 is 0. The monoisotopic (exact) mass is 259 g/mol. The van der Waals surface area contributed by atoms with Gasteiger partial charge in [0.15, 0.2) is 0 Å². The molecule has 1 aromatic carbocycles. The third-order valence-electron chi connectivity index (χ3n) is 3.27. The van der Waals surface area contributed by atoms with Crippen molar-refractivity contribution >= 4 is 11.6 Å². The summed E-state index contributed by atoms with van der Waals surface area (Å²) in [6.45, 7) is 6.12. The molecular formula is C15H21N3O. The van der Waals surface area contributed by atoms with E-state index in [1.807, 2.05) is 24.3 Å². The molecule has 1 heterocycles. The zero-order chi connectivity index (χ0) is 13.5. The SMILES string of the molecule is C=CCNC(=O)c1ccc(NCC2CCCN2)cc1. The van der Waals surface area contributed by atoms with Crippen LogP contribution in [0.25, 0.3) is 0 Å². The molecule has 3 N–H and O–H groups in total. The number of hydrogen-bond donors (Lipinski definition) is 3. The van der Waals surface area contributed by atoms with Crippen LogP contribution in [0.2, 0.25) is 0 Å². The maximum absolute atomic E-state index is 11.7. The fourth-order valence-electron chi connectivity index (χ4n) is 2.18. The minimum Gasteiger partial charge on any atom is -0.383 e. The molecule has 0 saturated carbocycles. The molecule has 1 atom stereocenters. The van der Waals surface area contributed by atoms with Crippen molar-refractivity contribution in [1.82, 2.24) is 10.6 Å². The number of nitrogens with one attached hydrogen (secondary N) is 3. The van der Waals surface area contributed by atoms with Crippen molar-refractivity contribution in [3.05, 3.63) is 42.5 Å². The molecule has 4 heteroatoms. The Bertz CT molecular complexity index is 422. The lowest BCUT2D eigenvalue weighted by molar-refractivity contribution is 0.0958. The van der Waals surface area contributed by atoms with E-state index in [2.05, 4.69) is 22.5 Å². The quantitative estimate of drug-likeness (QED) is 0.682. The minimum absolute atomic E-state index is 0.0658. The van der Waals surface area contributed by atoms with Crippen LogP contribution in [0.5, 0.6) is 0 Å². The molecular weight excluding hydrogens is 238 g/mol. The van der Waals surface area contributed by atoms with E-state index in [0.717, 1.165) is 18.8 Å². The number of carbonyl (C=O) groups excluding carboxylic acids is 1. The highest BCUT2D eigenvalue weighted by molar-refractivity contribution is 5.94. The fourth-order valence-corrected chi connectivity index (χ4v) is 2.18. The van der Waals surface area contributed by atoms with Crippen molar-refractivity contribution in [3.8, 4) is 0 Å². The molecule has 0 aromatic heterocycles. The molecule has 4 nitrogen and oxygen atoms in total. The van der Waals surface area contributed by atoms with Gasteiger partial charge in [-0.3, -0.25) is 4.79 Å². The first-order valence-electron chi connectivity index (χ1n) is 6.76. The Hall–Kier alpha value is -1.81. The number of benzene rings is 1. The van der Waals surface area contributed by atoms with Crippen LogP contribution in [0.4, 0.5) is 5.69 Å². The molecule has 1 aromatic rings. The number of rotatable bonds is 6. The first-order valence-corrected chi connectivity index (χ1v) is 6.76. The van der Waals surface area contributed by atoms with Crippen LogP contribution in [0.15, 0.2) is 36.9 Å². The molecule has 1 unspecified atom stereocenters. The Morgan fingerprint density at radius 1 is 1.42 bits per heavy atom. The smallest absolute Gasteiger partial charge is 0.251 e. The summed E-state index contributed by atoms with van der Waals surface area (Å²) in [7, 11) is 0. The van der Waals surface area contributed by atoms with E-state index in [4.69, 9.17) is 0 Å². The first kappa shape index (κ1) is 13.6. The van der Waals surface area contributed by atoms with Gasteiger partial charge in [0.2, 0.25) is 0 Å². The summed E-state index contributed by atoms with van der Waals surface area (Å²) >= 11 is 0. The van der Waals surface area contributed by atoms with Crippen molar-refractivity contribution < 1.29 is 4.79 Å². The summed E-state index contributed by atoms with van der Waals surface area (Å²) in [6, 6.07) is 8.12. The first-order chi connectivity index (χ1) is 9.29. The standard InChI is InChI=1S/C15H21N3O/c1-2-9-17-15(19)12-5-7-13(8-6-12)18-11-14-4-3-10-16-14/h2,5-8,14,16,18H,1,3-4,9-11H2,(H,17,19). The Kier molecular flexibility index (Phi) is 4.98. The van der Waals surface area contributed by atoms with Gasteiger partial charge in [-0.05, 0) is 43.7 Å². The number of anilines is 1. The zero-order valence-electron chi connectivity index (χ0n) is 11.1. The van der Waals surface area contributed by atoms with Crippen molar-refractivity contribution in [3.63, 3.8) is 0 Å². The van der Waals surface area contributed by atoms with Gasteiger partial charge in [-0.15, -0.1) is 6.58 Å².